The Morgan fingerprint density at radius 3 is 0.792 bits per heavy atom. The first-order valence-corrected chi connectivity index (χ1v) is 18.3. The zero-order valence-corrected chi connectivity index (χ0v) is 28.9. The molecular weight excluding hydrogens is 641 g/mol. The van der Waals surface area contributed by atoms with Gasteiger partial charge in [-0.05, 0) is 65.3 Å². The summed E-state index contributed by atoms with van der Waals surface area (Å²) in [4.78, 5) is 0. The van der Waals surface area contributed by atoms with Gasteiger partial charge in [-0.1, -0.05) is 194 Å². The lowest BCUT2D eigenvalue weighted by Gasteiger charge is -2.18. The topological polar surface area (TPSA) is 13.1 Å². The predicted molar refractivity (Wildman–Crippen MR) is 225 cm³/mol. The van der Waals surface area contributed by atoms with E-state index in [9.17, 15) is 0 Å². The van der Waals surface area contributed by atoms with Gasteiger partial charge in [-0.25, -0.2) is 0 Å². The summed E-state index contributed by atoms with van der Waals surface area (Å²) in [6.45, 7) is 0. The summed E-state index contributed by atoms with van der Waals surface area (Å²) in [5.41, 5.74) is 11.4. The molecule has 11 rings (SSSR count). The summed E-state index contributed by atoms with van der Waals surface area (Å²) in [7, 11) is 0. The van der Waals surface area contributed by atoms with Crippen LogP contribution in [0.2, 0.25) is 0 Å². The number of rotatable bonds is 4. The van der Waals surface area contributed by atoms with Crippen LogP contribution in [0.3, 0.4) is 0 Å². The molecule has 0 radical (unpaired) electrons. The third-order valence-corrected chi connectivity index (χ3v) is 11.1. The standard InChI is InChI=1S/C52H32O/c1-3-17-33(18-4-1)47-35-21-7-11-25-39(35)49(40-26-12-8-22-36(40)47)45-31-15-29-43-44-30-16-32-46(52(44)53-51(43)45)50-41-27-13-9-23-37(41)48(34-19-5-2-6-20-34)38-24-10-14-28-42(38)50/h1-32H. The Hall–Kier alpha value is -6.96. The molecule has 0 aliphatic heterocycles. The average molecular weight is 673 g/mol. The maximum absolute atomic E-state index is 7.25. The van der Waals surface area contributed by atoms with Crippen LogP contribution in [0.5, 0.6) is 0 Å². The second-order valence-corrected chi connectivity index (χ2v) is 13.9. The second kappa shape index (κ2) is 11.8. The zero-order valence-electron chi connectivity index (χ0n) is 28.9. The molecule has 0 bridgehead atoms. The Morgan fingerprint density at radius 2 is 0.472 bits per heavy atom. The van der Waals surface area contributed by atoms with E-state index in [2.05, 4.69) is 194 Å². The smallest absolute Gasteiger partial charge is 0.143 e. The Balaban J connectivity index is 1.24. The third kappa shape index (κ3) is 4.44. The zero-order chi connectivity index (χ0) is 34.9. The Morgan fingerprint density at radius 1 is 0.208 bits per heavy atom. The SMILES string of the molecule is c1ccc(-c2c3ccccc3c(-c3cccc4c3oc3c(-c5c6ccccc6c(-c6ccccc6)c6ccccc56)cccc34)c3ccccc23)cc1. The Bertz CT molecular complexity index is 2870. The van der Waals surface area contributed by atoms with E-state index in [0.29, 0.717) is 0 Å². The van der Waals surface area contributed by atoms with Gasteiger partial charge < -0.3 is 4.42 Å². The number of fused-ring (bicyclic) bond motifs is 7. The van der Waals surface area contributed by atoms with Crippen molar-refractivity contribution in [3.63, 3.8) is 0 Å². The fourth-order valence-electron chi connectivity index (χ4n) is 8.88. The van der Waals surface area contributed by atoms with Gasteiger partial charge in [-0.3, -0.25) is 0 Å². The number of furan rings is 1. The minimum Gasteiger partial charge on any atom is -0.455 e. The van der Waals surface area contributed by atoms with E-state index < -0.39 is 0 Å². The van der Waals surface area contributed by atoms with Crippen molar-refractivity contribution in [3.05, 3.63) is 194 Å². The van der Waals surface area contributed by atoms with Crippen LogP contribution in [-0.4, -0.2) is 0 Å². The molecule has 0 amide bonds. The molecule has 10 aromatic carbocycles. The quantitative estimate of drug-likeness (QED) is 0.170. The molecule has 1 nitrogen and oxygen atoms in total. The van der Waals surface area contributed by atoms with Gasteiger partial charge in [0.15, 0.2) is 0 Å². The molecular formula is C52H32O. The third-order valence-electron chi connectivity index (χ3n) is 11.1. The molecule has 0 aliphatic carbocycles. The van der Waals surface area contributed by atoms with Crippen LogP contribution in [0.25, 0.3) is 110 Å². The van der Waals surface area contributed by atoms with Crippen molar-refractivity contribution in [2.45, 2.75) is 0 Å². The van der Waals surface area contributed by atoms with E-state index in [1.807, 2.05) is 0 Å². The molecule has 1 heterocycles. The number of para-hydroxylation sites is 2. The highest BCUT2D eigenvalue weighted by molar-refractivity contribution is 6.27. The van der Waals surface area contributed by atoms with E-state index in [1.165, 1.54) is 76.5 Å². The average Bonchev–Trinajstić information content (AvgIpc) is 3.62. The number of hydrogen-bond donors (Lipinski definition) is 0. The summed E-state index contributed by atoms with van der Waals surface area (Å²) in [5.74, 6) is 0. The minimum absolute atomic E-state index is 0.909. The lowest BCUT2D eigenvalue weighted by molar-refractivity contribution is 0.671. The van der Waals surface area contributed by atoms with Crippen molar-refractivity contribution in [1.82, 2.24) is 0 Å². The monoisotopic (exact) mass is 672 g/mol. The van der Waals surface area contributed by atoms with Crippen LogP contribution < -0.4 is 0 Å². The van der Waals surface area contributed by atoms with Gasteiger partial charge in [0.25, 0.3) is 0 Å². The fourth-order valence-corrected chi connectivity index (χ4v) is 8.88. The van der Waals surface area contributed by atoms with Gasteiger partial charge in [0.2, 0.25) is 0 Å². The van der Waals surface area contributed by atoms with Crippen LogP contribution in [0.15, 0.2) is 199 Å². The van der Waals surface area contributed by atoms with E-state index in [4.69, 9.17) is 4.42 Å². The fraction of sp³-hybridized carbons (Fsp3) is 0. The summed E-state index contributed by atoms with van der Waals surface area (Å²) in [5, 5.41) is 12.0. The molecule has 53 heavy (non-hydrogen) atoms. The minimum atomic E-state index is 0.909. The van der Waals surface area contributed by atoms with Gasteiger partial charge in [0, 0.05) is 33.0 Å². The van der Waals surface area contributed by atoms with Crippen molar-refractivity contribution in [3.8, 4) is 44.5 Å². The summed E-state index contributed by atoms with van der Waals surface area (Å²) >= 11 is 0. The molecule has 0 saturated carbocycles. The normalized spacial score (nSPS) is 11.8. The molecule has 0 aliphatic rings. The van der Waals surface area contributed by atoms with Crippen LogP contribution >= 0.6 is 0 Å². The maximum atomic E-state index is 7.25. The number of benzene rings is 10. The van der Waals surface area contributed by atoms with E-state index >= 15 is 0 Å². The Kier molecular flexibility index (Phi) is 6.62. The van der Waals surface area contributed by atoms with Gasteiger partial charge in [-0.15, -0.1) is 0 Å². The van der Waals surface area contributed by atoms with Crippen LogP contribution in [0.1, 0.15) is 0 Å². The molecule has 0 fully saturated rings. The molecule has 0 unspecified atom stereocenters. The van der Waals surface area contributed by atoms with Gasteiger partial charge >= 0.3 is 0 Å². The molecule has 11 aromatic rings. The van der Waals surface area contributed by atoms with Crippen molar-refractivity contribution in [2.75, 3.05) is 0 Å². The number of hydrogen-bond acceptors (Lipinski definition) is 1. The lowest BCUT2D eigenvalue weighted by Crippen LogP contribution is -1.91. The highest BCUT2D eigenvalue weighted by atomic mass is 16.3. The lowest BCUT2D eigenvalue weighted by atomic mass is 9.85. The molecule has 0 N–H and O–H groups in total. The molecule has 246 valence electrons. The van der Waals surface area contributed by atoms with Gasteiger partial charge in [-0.2, -0.15) is 0 Å². The van der Waals surface area contributed by atoms with Gasteiger partial charge in [0.05, 0.1) is 0 Å². The Labute approximate surface area is 307 Å². The summed E-state index contributed by atoms with van der Waals surface area (Å²) < 4.78 is 7.25. The van der Waals surface area contributed by atoms with Crippen molar-refractivity contribution < 1.29 is 4.42 Å². The molecule has 0 spiro atoms. The first kappa shape index (κ1) is 29.7. The highest BCUT2D eigenvalue weighted by Crippen LogP contribution is 2.49. The molecule has 0 atom stereocenters. The van der Waals surface area contributed by atoms with Crippen LogP contribution in [0, 0.1) is 0 Å². The molecule has 1 heteroatoms. The van der Waals surface area contributed by atoms with E-state index in [-0.39, 0.29) is 0 Å². The van der Waals surface area contributed by atoms with Crippen molar-refractivity contribution >= 4 is 65.0 Å². The predicted octanol–water partition coefficient (Wildman–Crippen LogP) is 14.9. The second-order valence-electron chi connectivity index (χ2n) is 13.9. The van der Waals surface area contributed by atoms with E-state index in [1.54, 1.807) is 0 Å². The molecule has 0 saturated heterocycles. The summed E-state index contributed by atoms with van der Waals surface area (Å²) in [6, 6.07) is 70.2. The first-order valence-electron chi connectivity index (χ1n) is 18.3. The van der Waals surface area contributed by atoms with Crippen molar-refractivity contribution in [1.29, 1.82) is 0 Å². The van der Waals surface area contributed by atoms with Crippen LogP contribution in [0.4, 0.5) is 0 Å². The maximum Gasteiger partial charge on any atom is 0.143 e. The van der Waals surface area contributed by atoms with E-state index in [0.717, 1.165) is 33.1 Å². The highest BCUT2D eigenvalue weighted by Gasteiger charge is 2.23. The summed E-state index contributed by atoms with van der Waals surface area (Å²) in [6.07, 6.45) is 0. The van der Waals surface area contributed by atoms with Gasteiger partial charge in [0.1, 0.15) is 11.2 Å². The largest absolute Gasteiger partial charge is 0.455 e. The van der Waals surface area contributed by atoms with Crippen LogP contribution in [-0.2, 0) is 0 Å². The van der Waals surface area contributed by atoms with Crippen molar-refractivity contribution in [2.24, 2.45) is 0 Å². The first-order chi connectivity index (χ1) is 26.3. The molecule has 1 aromatic heterocycles.